The summed E-state index contributed by atoms with van der Waals surface area (Å²) in [5.74, 6) is 1.48. The fourth-order valence-corrected chi connectivity index (χ4v) is 2.66. The molecule has 2 aromatic rings. The van der Waals surface area contributed by atoms with Crippen LogP contribution in [0.1, 0.15) is 24.0 Å². The fourth-order valence-electron chi connectivity index (χ4n) is 2.66. The smallest absolute Gasteiger partial charge is 0.222 e. The summed E-state index contributed by atoms with van der Waals surface area (Å²) < 4.78 is 10.5. The molecular formula is C20H26N2O3. The lowest BCUT2D eigenvalue weighted by atomic mass is 10.1. The van der Waals surface area contributed by atoms with Crippen molar-refractivity contribution < 1.29 is 14.3 Å². The maximum Gasteiger partial charge on any atom is 0.222 e. The molecule has 0 radical (unpaired) electrons. The third-order valence-electron chi connectivity index (χ3n) is 4.13. The lowest BCUT2D eigenvalue weighted by molar-refractivity contribution is -0.130. The van der Waals surface area contributed by atoms with E-state index in [1.165, 1.54) is 5.56 Å². The number of rotatable bonds is 8. The Bertz CT molecular complexity index is 699. The predicted molar refractivity (Wildman–Crippen MR) is 99.8 cm³/mol. The molecule has 0 bridgehead atoms. The van der Waals surface area contributed by atoms with Gasteiger partial charge >= 0.3 is 0 Å². The van der Waals surface area contributed by atoms with E-state index in [1.807, 2.05) is 49.5 Å². The van der Waals surface area contributed by atoms with Crippen molar-refractivity contribution in [3.05, 3.63) is 53.6 Å². The molecule has 2 rings (SSSR count). The molecular weight excluding hydrogens is 316 g/mol. The van der Waals surface area contributed by atoms with E-state index >= 15 is 0 Å². The van der Waals surface area contributed by atoms with E-state index in [0.29, 0.717) is 24.5 Å². The summed E-state index contributed by atoms with van der Waals surface area (Å²) >= 11 is 0. The van der Waals surface area contributed by atoms with Crippen LogP contribution in [0.3, 0.4) is 0 Å². The zero-order valence-electron chi connectivity index (χ0n) is 15.1. The summed E-state index contributed by atoms with van der Waals surface area (Å²) in [5, 5.41) is 0. The maximum atomic E-state index is 12.3. The van der Waals surface area contributed by atoms with Crippen LogP contribution in [0.25, 0.3) is 0 Å². The van der Waals surface area contributed by atoms with E-state index < -0.39 is 0 Å². The zero-order valence-corrected chi connectivity index (χ0v) is 15.1. The van der Waals surface area contributed by atoms with Crippen LogP contribution < -0.4 is 15.2 Å². The maximum absolute atomic E-state index is 12.3. The molecule has 2 N–H and O–H groups in total. The van der Waals surface area contributed by atoms with Crippen LogP contribution in [0.5, 0.6) is 11.5 Å². The van der Waals surface area contributed by atoms with Gasteiger partial charge in [-0.15, -0.1) is 0 Å². The highest BCUT2D eigenvalue weighted by molar-refractivity contribution is 5.75. The van der Waals surface area contributed by atoms with Crippen molar-refractivity contribution in [3.8, 4) is 11.5 Å². The van der Waals surface area contributed by atoms with Crippen molar-refractivity contribution in [2.75, 3.05) is 27.0 Å². The summed E-state index contributed by atoms with van der Waals surface area (Å²) in [4.78, 5) is 14.1. The third kappa shape index (κ3) is 5.41. The monoisotopic (exact) mass is 342 g/mol. The van der Waals surface area contributed by atoms with Crippen LogP contribution in [0.2, 0.25) is 0 Å². The number of methoxy groups -OCH3 is 2. The van der Waals surface area contributed by atoms with Gasteiger partial charge < -0.3 is 20.1 Å². The highest BCUT2D eigenvalue weighted by atomic mass is 16.5. The lowest BCUT2D eigenvalue weighted by Gasteiger charge is -2.18. The first-order valence-electron chi connectivity index (χ1n) is 8.32. The normalized spacial score (nSPS) is 10.4. The van der Waals surface area contributed by atoms with Gasteiger partial charge in [-0.2, -0.15) is 0 Å². The number of benzene rings is 2. The molecule has 2 aromatic carbocycles. The summed E-state index contributed by atoms with van der Waals surface area (Å²) in [6.45, 7) is 0.543. The van der Waals surface area contributed by atoms with Crippen molar-refractivity contribution in [1.82, 2.24) is 4.90 Å². The van der Waals surface area contributed by atoms with Crippen molar-refractivity contribution in [2.45, 2.75) is 25.8 Å². The molecule has 0 heterocycles. The molecule has 1 amide bonds. The van der Waals surface area contributed by atoms with Crippen LogP contribution in [0.4, 0.5) is 5.69 Å². The van der Waals surface area contributed by atoms with E-state index in [2.05, 4.69) is 0 Å². The Kier molecular flexibility index (Phi) is 6.69. The van der Waals surface area contributed by atoms with Gasteiger partial charge in [0.1, 0.15) is 0 Å². The van der Waals surface area contributed by atoms with Crippen molar-refractivity contribution >= 4 is 11.6 Å². The van der Waals surface area contributed by atoms with Gasteiger partial charge in [-0.25, -0.2) is 0 Å². The zero-order chi connectivity index (χ0) is 18.2. The minimum absolute atomic E-state index is 0.130. The van der Waals surface area contributed by atoms with E-state index in [0.717, 1.165) is 24.1 Å². The largest absolute Gasteiger partial charge is 0.493 e. The Morgan fingerprint density at radius 3 is 2.28 bits per heavy atom. The van der Waals surface area contributed by atoms with E-state index in [1.54, 1.807) is 19.1 Å². The average Bonchev–Trinajstić information content (AvgIpc) is 2.63. The standard InChI is InChI=1S/C20H26N2O3/c1-22(14-16-9-12-18(24-2)19(13-16)25-3)20(23)6-4-5-15-7-10-17(21)11-8-15/h7-13H,4-6,14,21H2,1-3H3. The van der Waals surface area contributed by atoms with Crippen LogP contribution in [-0.2, 0) is 17.8 Å². The van der Waals surface area contributed by atoms with Crippen molar-refractivity contribution in [2.24, 2.45) is 0 Å². The van der Waals surface area contributed by atoms with E-state index in [9.17, 15) is 4.79 Å². The summed E-state index contributed by atoms with van der Waals surface area (Å²) in [6.07, 6.45) is 2.21. The Labute approximate surface area is 149 Å². The molecule has 0 saturated heterocycles. The number of amides is 1. The second-order valence-electron chi connectivity index (χ2n) is 6.03. The highest BCUT2D eigenvalue weighted by Crippen LogP contribution is 2.28. The fraction of sp³-hybridized carbons (Fsp3) is 0.350. The number of aryl methyl sites for hydroxylation is 1. The first kappa shape index (κ1) is 18.6. The van der Waals surface area contributed by atoms with Gasteiger partial charge in [-0.1, -0.05) is 18.2 Å². The number of nitrogens with zero attached hydrogens (tertiary/aromatic N) is 1. The molecule has 0 aromatic heterocycles. The summed E-state index contributed by atoms with van der Waals surface area (Å²) in [5.41, 5.74) is 8.64. The Balaban J connectivity index is 1.84. The SMILES string of the molecule is COc1ccc(CN(C)C(=O)CCCc2ccc(N)cc2)cc1OC. The molecule has 5 heteroatoms. The molecule has 0 spiro atoms. The number of nitrogens with two attached hydrogens (primary N) is 1. The summed E-state index contributed by atoms with van der Waals surface area (Å²) in [6, 6.07) is 13.5. The van der Waals surface area contributed by atoms with Gasteiger partial charge in [0.2, 0.25) is 5.91 Å². The highest BCUT2D eigenvalue weighted by Gasteiger charge is 2.11. The van der Waals surface area contributed by atoms with Crippen molar-refractivity contribution in [3.63, 3.8) is 0 Å². The molecule has 0 aliphatic carbocycles. The molecule has 0 fully saturated rings. The summed E-state index contributed by atoms with van der Waals surface area (Å²) in [7, 11) is 5.03. The quantitative estimate of drug-likeness (QED) is 0.748. The average molecular weight is 342 g/mol. The molecule has 0 aliphatic heterocycles. The Morgan fingerprint density at radius 2 is 1.64 bits per heavy atom. The van der Waals surface area contributed by atoms with Crippen LogP contribution in [0.15, 0.2) is 42.5 Å². The first-order chi connectivity index (χ1) is 12.0. The number of nitrogen functional groups attached to an aromatic ring is 1. The topological polar surface area (TPSA) is 64.8 Å². The van der Waals surface area contributed by atoms with Gasteiger partial charge in [0.15, 0.2) is 11.5 Å². The van der Waals surface area contributed by atoms with Crippen molar-refractivity contribution in [1.29, 1.82) is 0 Å². The van der Waals surface area contributed by atoms with Crippen LogP contribution >= 0.6 is 0 Å². The number of hydrogen-bond donors (Lipinski definition) is 1. The second kappa shape index (κ2) is 8.97. The molecule has 0 atom stereocenters. The number of hydrogen-bond acceptors (Lipinski definition) is 4. The number of anilines is 1. The van der Waals surface area contributed by atoms with Gasteiger partial charge in [0.05, 0.1) is 14.2 Å². The number of carbonyl (C=O) groups excluding carboxylic acids is 1. The number of carbonyl (C=O) groups is 1. The third-order valence-corrected chi connectivity index (χ3v) is 4.13. The van der Waals surface area contributed by atoms with Crippen LogP contribution in [0, 0.1) is 0 Å². The minimum atomic E-state index is 0.130. The molecule has 0 aliphatic rings. The van der Waals surface area contributed by atoms with E-state index in [4.69, 9.17) is 15.2 Å². The van der Waals surface area contributed by atoms with Gasteiger partial charge in [0, 0.05) is 25.7 Å². The predicted octanol–water partition coefficient (Wildman–Crippen LogP) is 3.27. The Hall–Kier alpha value is -2.69. The van der Waals surface area contributed by atoms with Gasteiger partial charge in [-0.3, -0.25) is 4.79 Å². The van der Waals surface area contributed by atoms with E-state index in [-0.39, 0.29) is 5.91 Å². The lowest BCUT2D eigenvalue weighted by Crippen LogP contribution is -2.26. The molecule has 0 unspecified atom stereocenters. The van der Waals surface area contributed by atoms with Gasteiger partial charge in [0.25, 0.3) is 0 Å². The first-order valence-corrected chi connectivity index (χ1v) is 8.32. The number of ether oxygens (including phenoxy) is 2. The van der Waals surface area contributed by atoms with Gasteiger partial charge in [-0.05, 0) is 48.2 Å². The second-order valence-corrected chi connectivity index (χ2v) is 6.03. The Morgan fingerprint density at radius 1 is 1.00 bits per heavy atom. The molecule has 25 heavy (non-hydrogen) atoms. The van der Waals surface area contributed by atoms with Crippen LogP contribution in [-0.4, -0.2) is 32.1 Å². The molecule has 134 valence electrons. The molecule has 5 nitrogen and oxygen atoms in total. The minimum Gasteiger partial charge on any atom is -0.493 e. The molecule has 0 saturated carbocycles.